The lowest BCUT2D eigenvalue weighted by atomic mass is 10.1. The molecule has 10 heteroatoms. The lowest BCUT2D eigenvalue weighted by Gasteiger charge is -2.31. The molecule has 168 valence electrons. The third kappa shape index (κ3) is 5.09. The number of nitrogens with one attached hydrogen (secondary N) is 3. The molecule has 32 heavy (non-hydrogen) atoms. The summed E-state index contributed by atoms with van der Waals surface area (Å²) in [5, 5.41) is 7.66. The zero-order chi connectivity index (χ0) is 22.6. The van der Waals surface area contributed by atoms with Crippen molar-refractivity contribution >= 4 is 38.6 Å². The fourth-order valence-electron chi connectivity index (χ4n) is 3.47. The Kier molecular flexibility index (Phi) is 6.73. The highest BCUT2D eigenvalue weighted by molar-refractivity contribution is 7.94. The minimum absolute atomic E-state index is 0.0291. The molecule has 1 saturated heterocycles. The van der Waals surface area contributed by atoms with Gasteiger partial charge in [0.25, 0.3) is 15.9 Å². The fourth-order valence-corrected chi connectivity index (χ4v) is 5.53. The van der Waals surface area contributed by atoms with Gasteiger partial charge < -0.3 is 15.5 Å². The minimum atomic E-state index is -3.79. The number of thiophene rings is 1. The number of benzene rings is 2. The van der Waals surface area contributed by atoms with Gasteiger partial charge in [0.05, 0.1) is 11.4 Å². The van der Waals surface area contributed by atoms with Crippen LogP contribution >= 0.6 is 11.3 Å². The van der Waals surface area contributed by atoms with Gasteiger partial charge in [-0.05, 0) is 35.7 Å². The topological polar surface area (TPSA) is 90.5 Å². The Morgan fingerprint density at radius 2 is 1.88 bits per heavy atom. The summed E-state index contributed by atoms with van der Waals surface area (Å²) in [6.45, 7) is 3.02. The van der Waals surface area contributed by atoms with Crippen molar-refractivity contribution in [2.45, 2.75) is 10.8 Å². The summed E-state index contributed by atoms with van der Waals surface area (Å²) in [6, 6.07) is 14.3. The van der Waals surface area contributed by atoms with E-state index in [1.54, 1.807) is 41.8 Å². The van der Waals surface area contributed by atoms with Gasteiger partial charge in [-0.3, -0.25) is 9.52 Å². The maximum Gasteiger partial charge on any atom is 0.271 e. The van der Waals surface area contributed by atoms with Gasteiger partial charge in [0, 0.05) is 43.9 Å². The number of carbonyl (C=O) groups excluding carboxylic acids is 1. The number of carbonyl (C=O) groups is 1. The Balaban J connectivity index is 1.60. The van der Waals surface area contributed by atoms with Crippen molar-refractivity contribution in [1.29, 1.82) is 0 Å². The van der Waals surface area contributed by atoms with Crippen LogP contribution in [-0.2, 0) is 16.6 Å². The molecule has 1 aromatic heterocycles. The molecule has 0 unspecified atom stereocenters. The highest BCUT2D eigenvalue weighted by Crippen LogP contribution is 2.31. The van der Waals surface area contributed by atoms with Gasteiger partial charge in [-0.1, -0.05) is 24.3 Å². The average molecular weight is 475 g/mol. The molecule has 1 fully saturated rings. The predicted molar refractivity (Wildman–Crippen MR) is 124 cm³/mol. The standard InChI is InChI=1S/C22H23FN4O3S2/c23-18-5-2-1-4-17(18)15-25-22(28)16-7-8-20(27-11-9-24-10-12-27)19(14-16)26-32(29,30)21-6-3-13-31-21/h1-8,13-14,24,26H,9-12,15H2,(H,25,28). The SMILES string of the molecule is O=C(NCc1ccccc1F)c1ccc(N2CCNCC2)c(NS(=O)(=O)c2cccs2)c1. The highest BCUT2D eigenvalue weighted by atomic mass is 32.2. The van der Waals surface area contributed by atoms with Gasteiger partial charge in [-0.25, -0.2) is 12.8 Å². The van der Waals surface area contributed by atoms with Crippen LogP contribution in [0.4, 0.5) is 15.8 Å². The van der Waals surface area contributed by atoms with Gasteiger partial charge in [0.1, 0.15) is 10.0 Å². The lowest BCUT2D eigenvalue weighted by Crippen LogP contribution is -2.43. The van der Waals surface area contributed by atoms with Crippen molar-refractivity contribution in [3.63, 3.8) is 0 Å². The van der Waals surface area contributed by atoms with Crippen LogP contribution in [0.3, 0.4) is 0 Å². The number of hydrogen-bond acceptors (Lipinski definition) is 6. The summed E-state index contributed by atoms with van der Waals surface area (Å²) >= 11 is 1.12. The van der Waals surface area contributed by atoms with Crippen molar-refractivity contribution in [3.8, 4) is 0 Å². The van der Waals surface area contributed by atoms with Crippen molar-refractivity contribution < 1.29 is 17.6 Å². The number of piperazine rings is 1. The molecule has 0 aliphatic carbocycles. The van der Waals surface area contributed by atoms with Gasteiger partial charge in [0.2, 0.25) is 0 Å². The summed E-state index contributed by atoms with van der Waals surface area (Å²) in [5.41, 5.74) is 1.69. The summed E-state index contributed by atoms with van der Waals surface area (Å²) < 4.78 is 42.4. The second-order valence-electron chi connectivity index (χ2n) is 7.28. The maximum atomic E-state index is 13.8. The van der Waals surface area contributed by atoms with Crippen LogP contribution in [0, 0.1) is 5.82 Å². The van der Waals surface area contributed by atoms with Crippen molar-refractivity contribution in [2.24, 2.45) is 0 Å². The van der Waals surface area contributed by atoms with Crippen LogP contribution in [0.2, 0.25) is 0 Å². The highest BCUT2D eigenvalue weighted by Gasteiger charge is 2.22. The first-order valence-corrected chi connectivity index (χ1v) is 12.5. The molecule has 2 heterocycles. The maximum absolute atomic E-state index is 13.8. The Morgan fingerprint density at radius 1 is 1.09 bits per heavy atom. The number of halogens is 1. The van der Waals surface area contributed by atoms with Crippen LogP contribution < -0.4 is 20.3 Å². The molecule has 0 spiro atoms. The van der Waals surface area contributed by atoms with Gasteiger partial charge in [0.15, 0.2) is 0 Å². The number of anilines is 2. The Morgan fingerprint density at radius 3 is 2.59 bits per heavy atom. The molecule has 0 atom stereocenters. The van der Waals surface area contributed by atoms with Crippen LogP contribution in [-0.4, -0.2) is 40.5 Å². The second kappa shape index (κ2) is 9.68. The van der Waals surface area contributed by atoms with E-state index in [4.69, 9.17) is 0 Å². The number of amides is 1. The normalized spacial score (nSPS) is 14.2. The largest absolute Gasteiger partial charge is 0.367 e. The van der Waals surface area contributed by atoms with Gasteiger partial charge in [-0.15, -0.1) is 11.3 Å². The molecule has 0 radical (unpaired) electrons. The second-order valence-corrected chi connectivity index (χ2v) is 10.1. The summed E-state index contributed by atoms with van der Waals surface area (Å²) in [6.07, 6.45) is 0. The Hall–Kier alpha value is -2.95. The van der Waals surface area contributed by atoms with E-state index in [9.17, 15) is 17.6 Å². The molecule has 3 aromatic rings. The summed E-state index contributed by atoms with van der Waals surface area (Å²) in [5.74, 6) is -0.817. The zero-order valence-corrected chi connectivity index (χ0v) is 18.8. The predicted octanol–water partition coefficient (Wildman–Crippen LogP) is 3.03. The van der Waals surface area contributed by atoms with Crippen molar-refractivity contribution in [1.82, 2.24) is 10.6 Å². The molecule has 1 aliphatic heterocycles. The molecular weight excluding hydrogens is 451 g/mol. The zero-order valence-electron chi connectivity index (χ0n) is 17.2. The van der Waals surface area contributed by atoms with Crippen molar-refractivity contribution in [2.75, 3.05) is 35.8 Å². The smallest absolute Gasteiger partial charge is 0.271 e. The van der Waals surface area contributed by atoms with E-state index < -0.39 is 21.7 Å². The third-order valence-corrected chi connectivity index (χ3v) is 7.88. The Labute approximate surface area is 190 Å². The quantitative estimate of drug-likeness (QED) is 0.490. The first-order valence-electron chi connectivity index (χ1n) is 10.1. The molecule has 0 saturated carbocycles. The first kappa shape index (κ1) is 22.3. The van der Waals surface area contributed by atoms with E-state index >= 15 is 0 Å². The molecule has 3 N–H and O–H groups in total. The molecule has 1 amide bonds. The lowest BCUT2D eigenvalue weighted by molar-refractivity contribution is 0.0950. The summed E-state index contributed by atoms with van der Waals surface area (Å²) in [7, 11) is -3.79. The molecule has 4 rings (SSSR count). The monoisotopic (exact) mass is 474 g/mol. The molecule has 0 bridgehead atoms. The molecule has 2 aromatic carbocycles. The van der Waals surface area contributed by atoms with Crippen molar-refractivity contribution in [3.05, 3.63) is 76.9 Å². The van der Waals surface area contributed by atoms with E-state index in [2.05, 4.69) is 20.3 Å². The minimum Gasteiger partial charge on any atom is -0.367 e. The molecular formula is C22H23FN4O3S2. The number of hydrogen-bond donors (Lipinski definition) is 3. The van der Waals surface area contributed by atoms with E-state index in [1.165, 1.54) is 18.2 Å². The van der Waals surface area contributed by atoms with Crippen LogP contribution in [0.1, 0.15) is 15.9 Å². The number of sulfonamides is 1. The first-order chi connectivity index (χ1) is 15.4. The fraction of sp³-hybridized carbons (Fsp3) is 0.227. The van der Waals surface area contributed by atoms with E-state index in [1.807, 2.05) is 0 Å². The number of nitrogens with zero attached hydrogens (tertiary/aromatic N) is 1. The molecule has 7 nitrogen and oxygen atoms in total. The number of rotatable bonds is 7. The molecule has 1 aliphatic rings. The van der Waals surface area contributed by atoms with Gasteiger partial charge >= 0.3 is 0 Å². The van der Waals surface area contributed by atoms with Gasteiger partial charge in [-0.2, -0.15) is 0 Å². The Bertz CT molecular complexity index is 1190. The van der Waals surface area contributed by atoms with E-state index in [-0.39, 0.29) is 16.3 Å². The third-order valence-electron chi connectivity index (χ3n) is 5.12. The van der Waals surface area contributed by atoms with Crippen LogP contribution in [0.5, 0.6) is 0 Å². The van der Waals surface area contributed by atoms with E-state index in [0.29, 0.717) is 30.0 Å². The van der Waals surface area contributed by atoms with Crippen LogP contribution in [0.25, 0.3) is 0 Å². The summed E-state index contributed by atoms with van der Waals surface area (Å²) in [4.78, 5) is 14.8. The van der Waals surface area contributed by atoms with Crippen LogP contribution in [0.15, 0.2) is 64.2 Å². The van der Waals surface area contributed by atoms with E-state index in [0.717, 1.165) is 24.4 Å². The average Bonchev–Trinajstić information content (AvgIpc) is 3.35.